The van der Waals surface area contributed by atoms with Crippen molar-refractivity contribution in [3.05, 3.63) is 59.7 Å². The number of hydrogen-bond acceptors (Lipinski definition) is 5. The Morgan fingerprint density at radius 1 is 1.14 bits per heavy atom. The molecule has 0 bridgehead atoms. The van der Waals surface area contributed by atoms with Crippen LogP contribution in [0.25, 0.3) is 0 Å². The molecule has 28 heavy (non-hydrogen) atoms. The number of amides is 1. The second-order valence-electron chi connectivity index (χ2n) is 6.31. The monoisotopic (exact) mass is 404 g/mol. The second kappa shape index (κ2) is 8.88. The molecule has 0 aliphatic heterocycles. The summed E-state index contributed by atoms with van der Waals surface area (Å²) in [5, 5.41) is 2.73. The van der Waals surface area contributed by atoms with E-state index in [1.807, 2.05) is 0 Å². The van der Waals surface area contributed by atoms with Crippen molar-refractivity contribution in [2.24, 2.45) is 0 Å². The highest BCUT2D eigenvalue weighted by atomic mass is 32.2. The fraction of sp³-hybridized carbons (Fsp3) is 0.300. The number of nitrogens with one attached hydrogen (secondary N) is 1. The third-order valence-corrected chi connectivity index (χ3v) is 5.34. The minimum Gasteiger partial charge on any atom is -0.462 e. The number of esters is 1. The molecular weight excluding hydrogens is 380 g/mol. The van der Waals surface area contributed by atoms with Crippen LogP contribution in [0.3, 0.4) is 0 Å². The number of sulfonamides is 1. The van der Waals surface area contributed by atoms with Gasteiger partial charge in [0.15, 0.2) is 0 Å². The van der Waals surface area contributed by atoms with Crippen LogP contribution in [0.15, 0.2) is 48.5 Å². The van der Waals surface area contributed by atoms with Crippen molar-refractivity contribution in [1.29, 1.82) is 0 Å². The predicted molar refractivity (Wildman–Crippen MR) is 109 cm³/mol. The summed E-state index contributed by atoms with van der Waals surface area (Å²) >= 11 is 0. The maximum atomic E-state index is 12.7. The van der Waals surface area contributed by atoms with Crippen molar-refractivity contribution in [3.8, 4) is 0 Å². The molecule has 0 saturated carbocycles. The Kier molecular flexibility index (Phi) is 6.80. The molecular formula is C20H24N2O5S. The lowest BCUT2D eigenvalue weighted by molar-refractivity contribution is -0.116. The molecule has 8 heteroatoms. The molecule has 2 rings (SSSR count). The van der Waals surface area contributed by atoms with Gasteiger partial charge in [-0.05, 0) is 56.7 Å². The zero-order valence-corrected chi connectivity index (χ0v) is 17.1. The highest BCUT2D eigenvalue weighted by Gasteiger charge is 2.29. The normalized spacial score (nSPS) is 12.1. The van der Waals surface area contributed by atoms with Crippen LogP contribution in [-0.4, -0.2) is 39.2 Å². The van der Waals surface area contributed by atoms with E-state index < -0.39 is 27.9 Å². The van der Waals surface area contributed by atoms with Crippen LogP contribution in [0.1, 0.15) is 29.8 Å². The number of aryl methyl sites for hydroxylation is 1. The summed E-state index contributed by atoms with van der Waals surface area (Å²) in [4.78, 5) is 24.6. The van der Waals surface area contributed by atoms with Crippen molar-refractivity contribution < 1.29 is 22.7 Å². The molecule has 2 aromatic rings. The molecule has 0 saturated heterocycles. The Morgan fingerprint density at radius 2 is 1.79 bits per heavy atom. The SMILES string of the molecule is CCOC(=O)c1ccc(NC(=O)C(C)N(c2ccccc2)S(C)(=O)=O)c(C)c1. The van der Waals surface area contributed by atoms with Gasteiger partial charge in [-0.2, -0.15) is 0 Å². The first-order valence-electron chi connectivity index (χ1n) is 8.78. The van der Waals surface area contributed by atoms with E-state index in [9.17, 15) is 18.0 Å². The molecule has 0 fully saturated rings. The second-order valence-corrected chi connectivity index (χ2v) is 8.17. The van der Waals surface area contributed by atoms with E-state index in [0.29, 0.717) is 22.5 Å². The van der Waals surface area contributed by atoms with E-state index in [2.05, 4.69) is 5.32 Å². The van der Waals surface area contributed by atoms with Crippen molar-refractivity contribution in [2.45, 2.75) is 26.8 Å². The third-order valence-electron chi connectivity index (χ3n) is 4.09. The highest BCUT2D eigenvalue weighted by molar-refractivity contribution is 7.92. The first-order valence-corrected chi connectivity index (χ1v) is 10.6. The lowest BCUT2D eigenvalue weighted by Crippen LogP contribution is -2.45. The Hall–Kier alpha value is -2.87. The summed E-state index contributed by atoms with van der Waals surface area (Å²) in [6.45, 7) is 5.26. The number of carbonyl (C=O) groups excluding carboxylic acids is 2. The number of anilines is 2. The number of nitrogens with zero attached hydrogens (tertiary/aromatic N) is 1. The smallest absolute Gasteiger partial charge is 0.338 e. The van der Waals surface area contributed by atoms with Gasteiger partial charge in [-0.3, -0.25) is 9.10 Å². The van der Waals surface area contributed by atoms with E-state index >= 15 is 0 Å². The molecule has 0 radical (unpaired) electrons. The Labute approximate surface area is 165 Å². The summed E-state index contributed by atoms with van der Waals surface area (Å²) in [6.07, 6.45) is 1.06. The third kappa shape index (κ3) is 5.10. The zero-order chi connectivity index (χ0) is 20.9. The summed E-state index contributed by atoms with van der Waals surface area (Å²) in [7, 11) is -3.68. The number of para-hydroxylation sites is 1. The van der Waals surface area contributed by atoms with Crippen molar-refractivity contribution in [3.63, 3.8) is 0 Å². The van der Waals surface area contributed by atoms with Gasteiger partial charge in [-0.15, -0.1) is 0 Å². The maximum absolute atomic E-state index is 12.7. The van der Waals surface area contributed by atoms with Crippen LogP contribution in [0.4, 0.5) is 11.4 Å². The minimum atomic E-state index is -3.68. The summed E-state index contributed by atoms with van der Waals surface area (Å²) in [5.74, 6) is -0.926. The predicted octanol–water partition coefficient (Wildman–Crippen LogP) is 2.96. The van der Waals surface area contributed by atoms with Crippen molar-refractivity contribution >= 4 is 33.3 Å². The average Bonchev–Trinajstić information content (AvgIpc) is 2.63. The van der Waals surface area contributed by atoms with Gasteiger partial charge in [0.25, 0.3) is 0 Å². The minimum absolute atomic E-state index is 0.273. The summed E-state index contributed by atoms with van der Waals surface area (Å²) in [5.41, 5.74) is 1.94. The topological polar surface area (TPSA) is 92.8 Å². The molecule has 0 aliphatic carbocycles. The van der Waals surface area contributed by atoms with Gasteiger partial charge in [0.2, 0.25) is 15.9 Å². The summed E-state index contributed by atoms with van der Waals surface area (Å²) in [6, 6.07) is 12.2. The van der Waals surface area contributed by atoms with Gasteiger partial charge >= 0.3 is 5.97 Å². The molecule has 0 aliphatic rings. The lowest BCUT2D eigenvalue weighted by Gasteiger charge is -2.28. The first kappa shape index (κ1) is 21.4. The molecule has 1 unspecified atom stereocenters. The lowest BCUT2D eigenvalue weighted by atomic mass is 10.1. The van der Waals surface area contributed by atoms with E-state index in [-0.39, 0.29) is 6.61 Å². The van der Waals surface area contributed by atoms with Gasteiger partial charge in [0, 0.05) is 5.69 Å². The molecule has 1 N–H and O–H groups in total. The molecule has 1 atom stereocenters. The largest absolute Gasteiger partial charge is 0.462 e. The summed E-state index contributed by atoms with van der Waals surface area (Å²) < 4.78 is 30.6. The zero-order valence-electron chi connectivity index (χ0n) is 16.3. The molecule has 2 aromatic carbocycles. The number of rotatable bonds is 7. The number of carbonyl (C=O) groups is 2. The van der Waals surface area contributed by atoms with Crippen LogP contribution in [-0.2, 0) is 19.6 Å². The van der Waals surface area contributed by atoms with Gasteiger partial charge in [-0.25, -0.2) is 13.2 Å². The van der Waals surface area contributed by atoms with E-state index in [4.69, 9.17) is 4.74 Å². The van der Waals surface area contributed by atoms with Crippen LogP contribution in [0, 0.1) is 6.92 Å². The van der Waals surface area contributed by atoms with E-state index in [0.717, 1.165) is 10.6 Å². The van der Waals surface area contributed by atoms with Crippen molar-refractivity contribution in [2.75, 3.05) is 22.5 Å². The van der Waals surface area contributed by atoms with Crippen molar-refractivity contribution in [1.82, 2.24) is 0 Å². The van der Waals surface area contributed by atoms with E-state index in [1.165, 1.54) is 6.92 Å². The number of benzene rings is 2. The van der Waals surface area contributed by atoms with Crippen LogP contribution in [0.2, 0.25) is 0 Å². The Bertz CT molecular complexity index is 958. The van der Waals surface area contributed by atoms with Crippen LogP contribution < -0.4 is 9.62 Å². The van der Waals surface area contributed by atoms with Crippen LogP contribution in [0.5, 0.6) is 0 Å². The number of ether oxygens (including phenoxy) is 1. The van der Waals surface area contributed by atoms with Gasteiger partial charge in [-0.1, -0.05) is 18.2 Å². The molecule has 1 amide bonds. The Morgan fingerprint density at radius 3 is 2.32 bits per heavy atom. The molecule has 0 spiro atoms. The maximum Gasteiger partial charge on any atom is 0.338 e. The standard InChI is InChI=1S/C20H24N2O5S/c1-5-27-20(24)16-11-12-18(14(2)13-16)21-19(23)15(3)22(28(4,25)26)17-9-7-6-8-10-17/h6-13,15H,5H2,1-4H3,(H,21,23). The molecule has 0 heterocycles. The van der Waals surface area contributed by atoms with E-state index in [1.54, 1.807) is 62.4 Å². The fourth-order valence-electron chi connectivity index (χ4n) is 2.77. The van der Waals surface area contributed by atoms with Gasteiger partial charge in [0.1, 0.15) is 6.04 Å². The molecule has 0 aromatic heterocycles. The fourth-order valence-corrected chi connectivity index (χ4v) is 3.94. The molecule has 150 valence electrons. The quantitative estimate of drug-likeness (QED) is 0.716. The molecule has 7 nitrogen and oxygen atoms in total. The first-order chi connectivity index (χ1) is 13.1. The number of hydrogen-bond donors (Lipinski definition) is 1. The van der Waals surface area contributed by atoms with Gasteiger partial charge in [0.05, 0.1) is 24.1 Å². The average molecular weight is 404 g/mol. The van der Waals surface area contributed by atoms with Gasteiger partial charge < -0.3 is 10.1 Å². The Balaban J connectivity index is 2.24. The highest BCUT2D eigenvalue weighted by Crippen LogP contribution is 2.22. The van der Waals surface area contributed by atoms with Crippen LogP contribution >= 0.6 is 0 Å².